The Morgan fingerprint density at radius 3 is 2.15 bits per heavy atom. The summed E-state index contributed by atoms with van der Waals surface area (Å²) in [7, 11) is -2.35. The van der Waals surface area contributed by atoms with Crippen LogP contribution < -0.4 is 14.4 Å². The molecule has 33 heavy (non-hydrogen) atoms. The number of benzene rings is 2. The fraction of sp³-hybridized carbons (Fsp3) is 0.391. The van der Waals surface area contributed by atoms with Crippen LogP contribution in [-0.4, -0.2) is 57.6 Å². The number of hydrogen-bond donors (Lipinski definition) is 1. The van der Waals surface area contributed by atoms with Crippen LogP contribution in [0.4, 0.5) is 10.1 Å². The number of sulfonamides is 1. The van der Waals surface area contributed by atoms with Crippen molar-refractivity contribution in [2.45, 2.75) is 32.9 Å². The summed E-state index contributed by atoms with van der Waals surface area (Å²) < 4.78 is 44.8. The van der Waals surface area contributed by atoms with Crippen LogP contribution in [0.2, 0.25) is 0 Å². The largest absolute Gasteiger partial charge is 0.494 e. The molecular formula is C23H30FN3O5S. The summed E-state index contributed by atoms with van der Waals surface area (Å²) >= 11 is 0. The minimum Gasteiger partial charge on any atom is -0.494 e. The van der Waals surface area contributed by atoms with E-state index in [9.17, 15) is 22.4 Å². The van der Waals surface area contributed by atoms with E-state index >= 15 is 0 Å². The third kappa shape index (κ3) is 7.18. The third-order valence-electron chi connectivity index (χ3n) is 5.01. The van der Waals surface area contributed by atoms with E-state index in [1.54, 1.807) is 31.2 Å². The van der Waals surface area contributed by atoms with Crippen molar-refractivity contribution in [3.05, 3.63) is 59.9 Å². The summed E-state index contributed by atoms with van der Waals surface area (Å²) in [6, 6.07) is 11.1. The molecule has 180 valence electrons. The molecule has 0 heterocycles. The first-order valence-corrected chi connectivity index (χ1v) is 12.4. The van der Waals surface area contributed by atoms with E-state index in [1.165, 1.54) is 36.2 Å². The molecule has 1 N–H and O–H groups in total. The van der Waals surface area contributed by atoms with Crippen molar-refractivity contribution < 1.29 is 27.1 Å². The molecule has 1 atom stereocenters. The number of carbonyl (C=O) groups is 2. The second-order valence-corrected chi connectivity index (χ2v) is 9.29. The molecular weight excluding hydrogens is 449 g/mol. The Bertz CT molecular complexity index is 1040. The molecule has 2 aromatic rings. The van der Waals surface area contributed by atoms with Crippen molar-refractivity contribution >= 4 is 27.5 Å². The van der Waals surface area contributed by atoms with Gasteiger partial charge in [-0.05, 0) is 55.3 Å². The van der Waals surface area contributed by atoms with Gasteiger partial charge in [0, 0.05) is 13.6 Å². The summed E-state index contributed by atoms with van der Waals surface area (Å²) in [6.45, 7) is 3.57. The Labute approximate surface area is 194 Å². The Morgan fingerprint density at radius 1 is 1.06 bits per heavy atom. The Morgan fingerprint density at radius 2 is 1.67 bits per heavy atom. The van der Waals surface area contributed by atoms with Gasteiger partial charge in [-0.2, -0.15) is 0 Å². The Hall–Kier alpha value is -3.14. The number of halogens is 1. The summed E-state index contributed by atoms with van der Waals surface area (Å²) in [6.07, 6.45) is 1.33. The van der Waals surface area contributed by atoms with Crippen LogP contribution in [0.25, 0.3) is 0 Å². The summed E-state index contributed by atoms with van der Waals surface area (Å²) in [5.41, 5.74) is 0.906. The SMILES string of the molecule is CCOc1ccc(N(CC(=O)N(Cc2ccc(F)cc2)[C@H](CC)C(=O)NC)S(C)(=O)=O)cc1. The van der Waals surface area contributed by atoms with E-state index in [4.69, 9.17) is 4.74 Å². The second kappa shape index (κ2) is 11.6. The van der Waals surface area contributed by atoms with E-state index < -0.39 is 34.3 Å². The predicted octanol–water partition coefficient (Wildman–Crippen LogP) is 2.54. The molecule has 0 aliphatic heterocycles. The quantitative estimate of drug-likeness (QED) is 0.534. The molecule has 0 saturated heterocycles. The molecule has 0 aromatic heterocycles. The van der Waals surface area contributed by atoms with Crippen molar-refractivity contribution in [2.75, 3.05) is 30.8 Å². The van der Waals surface area contributed by atoms with E-state index in [0.717, 1.165) is 10.6 Å². The van der Waals surface area contributed by atoms with Gasteiger partial charge in [0.1, 0.15) is 24.2 Å². The molecule has 0 saturated carbocycles. The van der Waals surface area contributed by atoms with Crippen LogP contribution in [0.3, 0.4) is 0 Å². The van der Waals surface area contributed by atoms with E-state index in [1.807, 2.05) is 6.92 Å². The van der Waals surface area contributed by atoms with Crippen molar-refractivity contribution in [3.8, 4) is 5.75 Å². The van der Waals surface area contributed by atoms with Gasteiger partial charge in [0.25, 0.3) is 0 Å². The molecule has 2 amide bonds. The normalized spacial score (nSPS) is 12.0. The van der Waals surface area contributed by atoms with Crippen molar-refractivity contribution in [1.82, 2.24) is 10.2 Å². The molecule has 0 spiro atoms. The minimum absolute atomic E-state index is 0.0198. The van der Waals surface area contributed by atoms with Crippen molar-refractivity contribution in [2.24, 2.45) is 0 Å². The van der Waals surface area contributed by atoms with E-state index in [2.05, 4.69) is 5.32 Å². The summed E-state index contributed by atoms with van der Waals surface area (Å²) in [5, 5.41) is 2.54. The molecule has 10 heteroatoms. The minimum atomic E-state index is -3.81. The van der Waals surface area contributed by atoms with Gasteiger partial charge in [-0.1, -0.05) is 19.1 Å². The highest BCUT2D eigenvalue weighted by molar-refractivity contribution is 7.92. The summed E-state index contributed by atoms with van der Waals surface area (Å²) in [4.78, 5) is 27.2. The number of likely N-dealkylation sites (N-methyl/N-ethyl adjacent to an activating group) is 1. The van der Waals surface area contributed by atoms with Gasteiger partial charge in [0.05, 0.1) is 18.6 Å². The predicted molar refractivity (Wildman–Crippen MR) is 125 cm³/mol. The maximum Gasteiger partial charge on any atom is 0.244 e. The molecule has 0 aliphatic rings. The molecule has 2 rings (SSSR count). The number of anilines is 1. The zero-order valence-corrected chi connectivity index (χ0v) is 20.1. The van der Waals surface area contributed by atoms with E-state index in [-0.39, 0.29) is 12.5 Å². The molecule has 0 aliphatic carbocycles. The van der Waals surface area contributed by atoms with Gasteiger partial charge in [-0.15, -0.1) is 0 Å². The van der Waals surface area contributed by atoms with Gasteiger partial charge in [0.2, 0.25) is 21.8 Å². The third-order valence-corrected chi connectivity index (χ3v) is 6.15. The van der Waals surface area contributed by atoms with Crippen LogP contribution in [0, 0.1) is 5.82 Å². The molecule has 0 unspecified atom stereocenters. The van der Waals surface area contributed by atoms with Crippen LogP contribution in [0.15, 0.2) is 48.5 Å². The van der Waals surface area contributed by atoms with Gasteiger partial charge in [-0.3, -0.25) is 13.9 Å². The highest BCUT2D eigenvalue weighted by atomic mass is 32.2. The maximum atomic E-state index is 13.4. The van der Waals surface area contributed by atoms with Crippen LogP contribution >= 0.6 is 0 Å². The Balaban J connectivity index is 2.38. The summed E-state index contributed by atoms with van der Waals surface area (Å²) in [5.74, 6) is -0.785. The lowest BCUT2D eigenvalue weighted by Crippen LogP contribution is -2.51. The lowest BCUT2D eigenvalue weighted by Gasteiger charge is -2.32. The topological polar surface area (TPSA) is 96.0 Å². The average molecular weight is 480 g/mol. The number of hydrogen-bond acceptors (Lipinski definition) is 5. The number of nitrogens with zero attached hydrogens (tertiary/aromatic N) is 2. The molecule has 0 bridgehead atoms. The highest BCUT2D eigenvalue weighted by Gasteiger charge is 2.31. The number of carbonyl (C=O) groups excluding carboxylic acids is 2. The van der Waals surface area contributed by atoms with E-state index in [0.29, 0.717) is 30.0 Å². The molecule has 8 nitrogen and oxygen atoms in total. The number of ether oxygens (including phenoxy) is 1. The van der Waals surface area contributed by atoms with Crippen molar-refractivity contribution in [3.63, 3.8) is 0 Å². The molecule has 0 fully saturated rings. The first kappa shape index (κ1) is 26.1. The Kier molecular flexibility index (Phi) is 9.22. The van der Waals surface area contributed by atoms with Crippen LogP contribution in [0.5, 0.6) is 5.75 Å². The first-order valence-electron chi connectivity index (χ1n) is 10.6. The maximum absolute atomic E-state index is 13.4. The van der Waals surface area contributed by atoms with Crippen LogP contribution in [0.1, 0.15) is 25.8 Å². The fourth-order valence-electron chi connectivity index (χ4n) is 3.36. The lowest BCUT2D eigenvalue weighted by molar-refractivity contribution is -0.140. The smallest absolute Gasteiger partial charge is 0.244 e. The van der Waals surface area contributed by atoms with Gasteiger partial charge < -0.3 is 15.0 Å². The zero-order valence-electron chi connectivity index (χ0n) is 19.2. The first-order chi connectivity index (χ1) is 15.6. The van der Waals surface area contributed by atoms with Gasteiger partial charge in [-0.25, -0.2) is 12.8 Å². The number of nitrogens with one attached hydrogen (secondary N) is 1. The zero-order chi connectivity index (χ0) is 24.6. The molecule has 2 aromatic carbocycles. The second-order valence-electron chi connectivity index (χ2n) is 7.38. The lowest BCUT2D eigenvalue weighted by atomic mass is 10.1. The standard InChI is InChI=1S/C23H30FN3O5S/c1-5-21(23(29)25-3)26(15-17-7-9-18(24)10-8-17)22(28)16-27(33(4,30)31)19-11-13-20(14-12-19)32-6-2/h7-14,21H,5-6,15-16H2,1-4H3,(H,25,29)/t21-/m1/s1. The fourth-order valence-corrected chi connectivity index (χ4v) is 4.21. The van der Waals surface area contributed by atoms with Crippen LogP contribution in [-0.2, 0) is 26.2 Å². The highest BCUT2D eigenvalue weighted by Crippen LogP contribution is 2.23. The average Bonchev–Trinajstić information content (AvgIpc) is 2.78. The monoisotopic (exact) mass is 479 g/mol. The van der Waals surface area contributed by atoms with Crippen molar-refractivity contribution in [1.29, 1.82) is 0 Å². The number of rotatable bonds is 11. The van der Waals surface area contributed by atoms with Gasteiger partial charge in [0.15, 0.2) is 0 Å². The van der Waals surface area contributed by atoms with Gasteiger partial charge >= 0.3 is 0 Å². The molecule has 0 radical (unpaired) electrons. The number of amides is 2.